The lowest BCUT2D eigenvalue weighted by molar-refractivity contribution is 0.122. The maximum absolute atomic E-state index is 11.7. The minimum Gasteiger partial charge on any atom is -0.445 e. The van der Waals surface area contributed by atoms with E-state index in [0.29, 0.717) is 12.6 Å². The third-order valence-electron chi connectivity index (χ3n) is 4.25. The van der Waals surface area contributed by atoms with E-state index < -0.39 is 0 Å². The van der Waals surface area contributed by atoms with E-state index in [1.165, 1.54) is 19.3 Å². The monoisotopic (exact) mass is 274 g/mol. The lowest BCUT2D eigenvalue weighted by atomic mass is 9.83. The van der Waals surface area contributed by atoms with Gasteiger partial charge in [0.2, 0.25) is 0 Å². The molecule has 0 aliphatic heterocycles. The van der Waals surface area contributed by atoms with Crippen molar-refractivity contribution in [1.82, 2.24) is 10.6 Å². The molecule has 0 heterocycles. The second kappa shape index (κ2) is 6.27. The highest BCUT2D eigenvalue weighted by molar-refractivity contribution is 5.67. The van der Waals surface area contributed by atoms with Crippen molar-refractivity contribution in [1.29, 1.82) is 0 Å². The van der Waals surface area contributed by atoms with Gasteiger partial charge in [0.15, 0.2) is 0 Å². The van der Waals surface area contributed by atoms with Crippen LogP contribution < -0.4 is 10.6 Å². The number of hydrogen-bond donors (Lipinski definition) is 2. The van der Waals surface area contributed by atoms with E-state index in [-0.39, 0.29) is 12.1 Å². The van der Waals surface area contributed by atoms with Gasteiger partial charge in [-0.15, -0.1) is 0 Å². The van der Waals surface area contributed by atoms with Crippen LogP contribution in [0, 0.1) is 0 Å². The summed E-state index contributed by atoms with van der Waals surface area (Å²) >= 11 is 0. The minimum absolute atomic E-state index is 0.274. The maximum atomic E-state index is 11.7. The fraction of sp³-hybridized carbons (Fsp3) is 0.562. The first kappa shape index (κ1) is 13.4. The number of ether oxygens (including phenoxy) is 1. The summed E-state index contributed by atoms with van der Waals surface area (Å²) in [6.07, 6.45) is 5.73. The van der Waals surface area contributed by atoms with E-state index in [1.54, 1.807) is 0 Å². The Labute approximate surface area is 119 Å². The van der Waals surface area contributed by atoms with E-state index in [0.717, 1.165) is 24.4 Å². The number of hydrogen-bond acceptors (Lipinski definition) is 3. The highest BCUT2D eigenvalue weighted by Crippen LogP contribution is 2.25. The van der Waals surface area contributed by atoms with E-state index >= 15 is 0 Å². The molecule has 1 aromatic carbocycles. The van der Waals surface area contributed by atoms with Crippen molar-refractivity contribution in [2.45, 2.75) is 56.8 Å². The second-order valence-corrected chi connectivity index (χ2v) is 5.87. The van der Waals surface area contributed by atoms with Crippen molar-refractivity contribution >= 4 is 6.09 Å². The number of benzene rings is 1. The molecule has 4 nitrogen and oxygen atoms in total. The molecule has 0 aromatic heterocycles. The van der Waals surface area contributed by atoms with Gasteiger partial charge < -0.3 is 15.4 Å². The molecular formula is C16H22N2O2. The summed E-state index contributed by atoms with van der Waals surface area (Å²) in [5, 5.41) is 6.55. The van der Waals surface area contributed by atoms with Gasteiger partial charge in [-0.1, -0.05) is 36.8 Å². The molecule has 2 fully saturated rings. The average Bonchev–Trinajstić information content (AvgIpc) is 2.38. The molecule has 0 unspecified atom stereocenters. The molecule has 1 aromatic rings. The molecule has 1 amide bonds. The van der Waals surface area contributed by atoms with Crippen LogP contribution >= 0.6 is 0 Å². The number of nitrogens with one attached hydrogen (secondary N) is 2. The Morgan fingerprint density at radius 1 is 1.10 bits per heavy atom. The van der Waals surface area contributed by atoms with Crippen LogP contribution in [0.2, 0.25) is 0 Å². The number of carbonyl (C=O) groups excluding carboxylic acids is 1. The first-order chi connectivity index (χ1) is 9.79. The summed E-state index contributed by atoms with van der Waals surface area (Å²) in [6.45, 7) is 0.336. The molecule has 0 saturated heterocycles. The molecule has 2 N–H and O–H groups in total. The van der Waals surface area contributed by atoms with Crippen molar-refractivity contribution in [3.8, 4) is 0 Å². The molecule has 0 bridgehead atoms. The maximum Gasteiger partial charge on any atom is 0.407 e. The fourth-order valence-corrected chi connectivity index (χ4v) is 2.71. The summed E-state index contributed by atoms with van der Waals surface area (Å²) in [6, 6.07) is 11.3. The second-order valence-electron chi connectivity index (χ2n) is 5.87. The van der Waals surface area contributed by atoms with Crippen molar-refractivity contribution < 1.29 is 9.53 Å². The molecule has 2 saturated carbocycles. The molecule has 2 aliphatic rings. The summed E-state index contributed by atoms with van der Waals surface area (Å²) in [5.41, 5.74) is 1.01. The Kier molecular flexibility index (Phi) is 4.21. The lowest BCUT2D eigenvalue weighted by Crippen LogP contribution is -2.55. The van der Waals surface area contributed by atoms with Crippen molar-refractivity contribution in [2.75, 3.05) is 0 Å². The number of rotatable bonds is 5. The Hall–Kier alpha value is -1.55. The zero-order valence-corrected chi connectivity index (χ0v) is 11.7. The molecule has 108 valence electrons. The fourth-order valence-electron chi connectivity index (χ4n) is 2.71. The molecular weight excluding hydrogens is 252 g/mol. The van der Waals surface area contributed by atoms with Crippen LogP contribution in [0.25, 0.3) is 0 Å². The van der Waals surface area contributed by atoms with E-state index in [1.807, 2.05) is 30.3 Å². The van der Waals surface area contributed by atoms with Crippen LogP contribution in [0.4, 0.5) is 4.79 Å². The minimum atomic E-state index is -0.305. The summed E-state index contributed by atoms with van der Waals surface area (Å²) in [5.74, 6) is 0. The number of amides is 1. The largest absolute Gasteiger partial charge is 0.445 e. The SMILES string of the molecule is O=C(NC1CC(NC2CCC2)C1)OCc1ccccc1. The van der Waals surface area contributed by atoms with Crippen LogP contribution in [-0.2, 0) is 11.3 Å². The van der Waals surface area contributed by atoms with Gasteiger partial charge in [0, 0.05) is 18.1 Å². The van der Waals surface area contributed by atoms with Crippen LogP contribution in [0.15, 0.2) is 30.3 Å². The van der Waals surface area contributed by atoms with Gasteiger partial charge in [-0.2, -0.15) is 0 Å². The highest BCUT2D eigenvalue weighted by atomic mass is 16.5. The van der Waals surface area contributed by atoms with E-state index in [4.69, 9.17) is 4.74 Å². The predicted octanol–water partition coefficient (Wildman–Crippen LogP) is 2.59. The quantitative estimate of drug-likeness (QED) is 0.867. The lowest BCUT2D eigenvalue weighted by Gasteiger charge is -2.40. The van der Waals surface area contributed by atoms with Gasteiger partial charge in [-0.25, -0.2) is 4.79 Å². The van der Waals surface area contributed by atoms with Gasteiger partial charge in [0.1, 0.15) is 6.61 Å². The van der Waals surface area contributed by atoms with E-state index in [2.05, 4.69) is 10.6 Å². The van der Waals surface area contributed by atoms with Crippen molar-refractivity contribution in [3.05, 3.63) is 35.9 Å². The van der Waals surface area contributed by atoms with E-state index in [9.17, 15) is 4.79 Å². The Balaban J connectivity index is 1.30. The smallest absolute Gasteiger partial charge is 0.407 e. The summed E-state index contributed by atoms with van der Waals surface area (Å²) in [7, 11) is 0. The Morgan fingerprint density at radius 3 is 2.50 bits per heavy atom. The van der Waals surface area contributed by atoms with Gasteiger partial charge in [0.25, 0.3) is 0 Å². The molecule has 0 atom stereocenters. The van der Waals surface area contributed by atoms with Gasteiger partial charge in [-0.3, -0.25) is 0 Å². The summed E-state index contributed by atoms with van der Waals surface area (Å²) < 4.78 is 5.21. The normalized spacial score (nSPS) is 25.4. The molecule has 0 radical (unpaired) electrons. The number of carbonyl (C=O) groups is 1. The van der Waals surface area contributed by atoms with Crippen molar-refractivity contribution in [2.24, 2.45) is 0 Å². The molecule has 0 spiro atoms. The first-order valence-corrected chi connectivity index (χ1v) is 7.53. The Morgan fingerprint density at radius 2 is 1.85 bits per heavy atom. The molecule has 2 aliphatic carbocycles. The zero-order valence-electron chi connectivity index (χ0n) is 11.7. The van der Waals surface area contributed by atoms with Crippen molar-refractivity contribution in [3.63, 3.8) is 0 Å². The first-order valence-electron chi connectivity index (χ1n) is 7.53. The van der Waals surface area contributed by atoms with Gasteiger partial charge in [0.05, 0.1) is 0 Å². The Bertz CT molecular complexity index is 439. The van der Waals surface area contributed by atoms with Gasteiger partial charge in [-0.05, 0) is 31.2 Å². The third-order valence-corrected chi connectivity index (χ3v) is 4.25. The standard InChI is InChI=1S/C16H22N2O2/c19-16(20-11-12-5-2-1-3-6-12)18-15-9-14(10-15)17-13-7-4-8-13/h1-3,5-6,13-15,17H,4,7-11H2,(H,18,19). The topological polar surface area (TPSA) is 50.4 Å². The van der Waals surface area contributed by atoms with Crippen LogP contribution in [0.3, 0.4) is 0 Å². The van der Waals surface area contributed by atoms with Crippen LogP contribution in [0.5, 0.6) is 0 Å². The highest BCUT2D eigenvalue weighted by Gasteiger charge is 2.33. The molecule has 3 rings (SSSR count). The number of alkyl carbamates (subject to hydrolysis) is 1. The summed E-state index contributed by atoms with van der Waals surface area (Å²) in [4.78, 5) is 11.7. The zero-order chi connectivity index (χ0) is 13.8. The van der Waals surface area contributed by atoms with Crippen LogP contribution in [-0.4, -0.2) is 24.2 Å². The average molecular weight is 274 g/mol. The predicted molar refractivity (Wildman–Crippen MR) is 77.3 cm³/mol. The third kappa shape index (κ3) is 3.51. The van der Waals surface area contributed by atoms with Crippen LogP contribution in [0.1, 0.15) is 37.7 Å². The molecule has 20 heavy (non-hydrogen) atoms. The molecule has 4 heteroatoms. The van der Waals surface area contributed by atoms with Gasteiger partial charge >= 0.3 is 6.09 Å².